The first-order valence-corrected chi connectivity index (χ1v) is 9.45. The molecule has 2 aromatic carbocycles. The standard InChI is InChI=1S/C23H22N4/c1-4-9-18-17-12-7-8-13-19(17)27-22-20(26(3)23(18)27)14-24-21(25-22)16-11-6-5-10-15(16)2/h5-14,23H,4H2,1-3H3/b18-9+. The summed E-state index contributed by atoms with van der Waals surface area (Å²) in [7, 11) is 2.13. The molecule has 3 aromatic rings. The molecule has 4 nitrogen and oxygen atoms in total. The van der Waals surface area contributed by atoms with Crippen LogP contribution in [0.25, 0.3) is 17.0 Å². The van der Waals surface area contributed by atoms with Crippen molar-refractivity contribution in [3.63, 3.8) is 0 Å². The highest BCUT2D eigenvalue weighted by Gasteiger charge is 2.44. The molecule has 0 radical (unpaired) electrons. The molecule has 2 aliphatic rings. The van der Waals surface area contributed by atoms with Gasteiger partial charge in [-0.05, 0) is 25.0 Å². The van der Waals surface area contributed by atoms with Crippen LogP contribution >= 0.6 is 0 Å². The molecule has 0 spiro atoms. The molecule has 3 heterocycles. The third kappa shape index (κ3) is 2.23. The number of anilines is 3. The van der Waals surface area contributed by atoms with E-state index in [0.717, 1.165) is 29.3 Å². The van der Waals surface area contributed by atoms with E-state index in [4.69, 9.17) is 4.98 Å². The highest BCUT2D eigenvalue weighted by molar-refractivity contribution is 5.99. The van der Waals surface area contributed by atoms with Gasteiger partial charge in [0, 0.05) is 23.7 Å². The highest BCUT2D eigenvalue weighted by Crippen LogP contribution is 2.53. The van der Waals surface area contributed by atoms with Crippen molar-refractivity contribution in [1.29, 1.82) is 0 Å². The minimum absolute atomic E-state index is 0.152. The number of aryl methyl sites for hydroxylation is 1. The van der Waals surface area contributed by atoms with E-state index in [-0.39, 0.29) is 6.17 Å². The molecule has 0 saturated carbocycles. The van der Waals surface area contributed by atoms with Crippen molar-refractivity contribution < 1.29 is 0 Å². The molecule has 0 saturated heterocycles. The van der Waals surface area contributed by atoms with Gasteiger partial charge in [0.15, 0.2) is 11.6 Å². The second-order valence-corrected chi connectivity index (χ2v) is 7.16. The molecule has 134 valence electrons. The van der Waals surface area contributed by atoms with Crippen LogP contribution < -0.4 is 9.80 Å². The Morgan fingerprint density at radius 2 is 1.74 bits per heavy atom. The summed E-state index contributed by atoms with van der Waals surface area (Å²) in [6.07, 6.45) is 5.47. The van der Waals surface area contributed by atoms with Crippen molar-refractivity contribution in [3.05, 3.63) is 71.9 Å². The summed E-state index contributed by atoms with van der Waals surface area (Å²) in [6, 6.07) is 16.9. The van der Waals surface area contributed by atoms with Gasteiger partial charge >= 0.3 is 0 Å². The Kier molecular flexibility index (Phi) is 3.54. The van der Waals surface area contributed by atoms with Crippen LogP contribution in [-0.4, -0.2) is 23.2 Å². The van der Waals surface area contributed by atoms with Crippen molar-refractivity contribution >= 4 is 22.8 Å². The third-order valence-corrected chi connectivity index (χ3v) is 5.53. The van der Waals surface area contributed by atoms with Gasteiger partial charge in [-0.15, -0.1) is 0 Å². The topological polar surface area (TPSA) is 32.3 Å². The van der Waals surface area contributed by atoms with Crippen LogP contribution in [0.5, 0.6) is 0 Å². The van der Waals surface area contributed by atoms with E-state index < -0.39 is 0 Å². The fourth-order valence-electron chi connectivity index (χ4n) is 4.26. The molecule has 0 fully saturated rings. The molecular formula is C23H22N4. The van der Waals surface area contributed by atoms with Gasteiger partial charge in [-0.3, -0.25) is 4.90 Å². The lowest BCUT2D eigenvalue weighted by molar-refractivity contribution is 0.836. The van der Waals surface area contributed by atoms with Crippen molar-refractivity contribution in [1.82, 2.24) is 9.97 Å². The maximum atomic E-state index is 5.02. The van der Waals surface area contributed by atoms with Crippen LogP contribution in [0.3, 0.4) is 0 Å². The fourth-order valence-corrected chi connectivity index (χ4v) is 4.26. The normalized spacial score (nSPS) is 18.6. The molecule has 0 N–H and O–H groups in total. The smallest absolute Gasteiger partial charge is 0.162 e. The van der Waals surface area contributed by atoms with Gasteiger partial charge in [0.2, 0.25) is 0 Å². The predicted molar refractivity (Wildman–Crippen MR) is 111 cm³/mol. The summed E-state index contributed by atoms with van der Waals surface area (Å²) < 4.78 is 0. The number of likely N-dealkylation sites (N-methyl/N-ethyl adjacent to an activating group) is 1. The van der Waals surface area contributed by atoms with E-state index in [1.54, 1.807) is 0 Å². The zero-order valence-electron chi connectivity index (χ0n) is 15.8. The quantitative estimate of drug-likeness (QED) is 0.635. The van der Waals surface area contributed by atoms with Crippen LogP contribution in [0.15, 0.2) is 60.8 Å². The summed E-state index contributed by atoms with van der Waals surface area (Å²) in [6.45, 7) is 4.30. The second-order valence-electron chi connectivity index (χ2n) is 7.16. The maximum Gasteiger partial charge on any atom is 0.162 e. The molecule has 27 heavy (non-hydrogen) atoms. The lowest BCUT2D eigenvalue weighted by Crippen LogP contribution is -2.35. The monoisotopic (exact) mass is 354 g/mol. The summed E-state index contributed by atoms with van der Waals surface area (Å²) in [4.78, 5) is 14.4. The first-order chi connectivity index (χ1) is 13.2. The number of hydrogen-bond acceptors (Lipinski definition) is 4. The SMILES string of the molecule is CC/C=C1\c2ccccc2N2c3nc(-c4ccccc4C)ncc3N(C)C12. The third-order valence-electron chi connectivity index (χ3n) is 5.53. The van der Waals surface area contributed by atoms with Crippen molar-refractivity contribution in [3.8, 4) is 11.4 Å². The Morgan fingerprint density at radius 3 is 2.52 bits per heavy atom. The van der Waals surface area contributed by atoms with Crippen LogP contribution in [0.1, 0.15) is 24.5 Å². The van der Waals surface area contributed by atoms with Gasteiger partial charge in [0.25, 0.3) is 0 Å². The largest absolute Gasteiger partial charge is 0.346 e. The summed E-state index contributed by atoms with van der Waals surface area (Å²) in [5.41, 5.74) is 7.23. The summed E-state index contributed by atoms with van der Waals surface area (Å²) in [5.74, 6) is 1.77. The number of benzene rings is 2. The molecule has 1 aromatic heterocycles. The molecule has 0 aliphatic carbocycles. The number of fused-ring (bicyclic) bond motifs is 5. The Hall–Kier alpha value is -3.14. The van der Waals surface area contributed by atoms with E-state index in [1.807, 2.05) is 12.3 Å². The molecule has 2 aliphatic heterocycles. The van der Waals surface area contributed by atoms with Crippen molar-refractivity contribution in [2.24, 2.45) is 0 Å². The van der Waals surface area contributed by atoms with Gasteiger partial charge < -0.3 is 4.90 Å². The molecule has 5 rings (SSSR count). The Balaban J connectivity index is 1.71. The van der Waals surface area contributed by atoms with E-state index in [1.165, 1.54) is 22.4 Å². The number of allylic oxidation sites excluding steroid dienone is 1. The minimum Gasteiger partial charge on any atom is -0.346 e. The van der Waals surface area contributed by atoms with Crippen LogP contribution in [-0.2, 0) is 0 Å². The van der Waals surface area contributed by atoms with Crippen molar-refractivity contribution in [2.45, 2.75) is 26.4 Å². The Morgan fingerprint density at radius 1 is 1.00 bits per heavy atom. The van der Waals surface area contributed by atoms with Crippen LogP contribution in [0, 0.1) is 6.92 Å². The van der Waals surface area contributed by atoms with Gasteiger partial charge in [-0.2, -0.15) is 0 Å². The molecular weight excluding hydrogens is 332 g/mol. The average molecular weight is 354 g/mol. The minimum atomic E-state index is 0.152. The number of para-hydroxylation sites is 1. The Bertz CT molecular complexity index is 1070. The van der Waals surface area contributed by atoms with Gasteiger partial charge in [0.05, 0.1) is 11.9 Å². The molecule has 0 amide bonds. The maximum absolute atomic E-state index is 5.02. The Labute approximate surface area is 159 Å². The van der Waals surface area contributed by atoms with Crippen LogP contribution in [0.2, 0.25) is 0 Å². The van der Waals surface area contributed by atoms with Crippen LogP contribution in [0.4, 0.5) is 17.2 Å². The lowest BCUT2D eigenvalue weighted by Gasteiger charge is -2.24. The zero-order chi connectivity index (χ0) is 18.5. The van der Waals surface area contributed by atoms with E-state index in [9.17, 15) is 0 Å². The van der Waals surface area contributed by atoms with E-state index in [0.29, 0.717) is 0 Å². The highest BCUT2D eigenvalue weighted by atomic mass is 15.5. The van der Waals surface area contributed by atoms with E-state index >= 15 is 0 Å². The molecule has 4 heteroatoms. The number of aromatic nitrogens is 2. The molecule has 0 bridgehead atoms. The van der Waals surface area contributed by atoms with Gasteiger partial charge in [0.1, 0.15) is 11.9 Å². The fraction of sp³-hybridized carbons (Fsp3) is 0.217. The van der Waals surface area contributed by atoms with Gasteiger partial charge in [-0.25, -0.2) is 9.97 Å². The second kappa shape index (κ2) is 5.95. The van der Waals surface area contributed by atoms with E-state index in [2.05, 4.69) is 84.2 Å². The first-order valence-electron chi connectivity index (χ1n) is 9.45. The number of hydrogen-bond donors (Lipinski definition) is 0. The number of rotatable bonds is 2. The average Bonchev–Trinajstić information content (AvgIpc) is 3.16. The lowest BCUT2D eigenvalue weighted by atomic mass is 10.0. The van der Waals surface area contributed by atoms with Crippen molar-refractivity contribution in [2.75, 3.05) is 16.8 Å². The first kappa shape index (κ1) is 16.1. The molecule has 1 unspecified atom stereocenters. The summed E-state index contributed by atoms with van der Waals surface area (Å²) in [5, 5.41) is 0. The number of nitrogens with zero attached hydrogens (tertiary/aromatic N) is 4. The summed E-state index contributed by atoms with van der Waals surface area (Å²) >= 11 is 0. The molecule has 1 atom stereocenters. The zero-order valence-corrected chi connectivity index (χ0v) is 15.8. The van der Waals surface area contributed by atoms with Gasteiger partial charge in [-0.1, -0.05) is 55.5 Å². The predicted octanol–water partition coefficient (Wildman–Crippen LogP) is 5.17.